The second kappa shape index (κ2) is 11.9. The molecule has 0 radical (unpaired) electrons. The number of carbonyl (C=O) groups excluding carboxylic acids is 2. The highest BCUT2D eigenvalue weighted by Crippen LogP contribution is 2.19. The van der Waals surface area contributed by atoms with E-state index in [1.165, 1.54) is 4.90 Å². The van der Waals surface area contributed by atoms with Crippen LogP contribution in [0.3, 0.4) is 0 Å². The van der Waals surface area contributed by atoms with Crippen LogP contribution in [0.2, 0.25) is 0 Å². The number of nitrogens with zero attached hydrogens (tertiary/aromatic N) is 2. The van der Waals surface area contributed by atoms with Crippen molar-refractivity contribution < 1.29 is 19.5 Å². The van der Waals surface area contributed by atoms with Crippen molar-refractivity contribution in [1.82, 2.24) is 10.2 Å². The van der Waals surface area contributed by atoms with Gasteiger partial charge in [0, 0.05) is 13.1 Å². The van der Waals surface area contributed by atoms with Crippen molar-refractivity contribution in [1.29, 1.82) is 0 Å². The molecule has 10 nitrogen and oxygen atoms in total. The minimum absolute atomic E-state index is 0.0703. The van der Waals surface area contributed by atoms with E-state index in [1.807, 2.05) is 30.3 Å². The van der Waals surface area contributed by atoms with E-state index in [0.717, 1.165) is 18.4 Å². The third kappa shape index (κ3) is 7.56. The van der Waals surface area contributed by atoms with Crippen molar-refractivity contribution in [3.05, 3.63) is 35.9 Å². The number of nitrogens with two attached hydrogens (primary N) is 3. The number of likely N-dealkylation sites (tertiary alicyclic amines) is 1. The molecule has 170 valence electrons. The highest BCUT2D eigenvalue weighted by molar-refractivity contribution is 5.92. The number of carboxylic acids is 1. The van der Waals surface area contributed by atoms with Gasteiger partial charge in [0.15, 0.2) is 5.96 Å². The Bertz CT molecular complexity index is 781. The van der Waals surface area contributed by atoms with Crippen molar-refractivity contribution in [3.8, 4) is 0 Å². The highest BCUT2D eigenvalue weighted by atomic mass is 16.4. The fourth-order valence-corrected chi connectivity index (χ4v) is 3.67. The van der Waals surface area contributed by atoms with Crippen LogP contribution in [0.1, 0.15) is 37.7 Å². The summed E-state index contributed by atoms with van der Waals surface area (Å²) in [7, 11) is 0. The lowest BCUT2D eigenvalue weighted by Crippen LogP contribution is -2.58. The van der Waals surface area contributed by atoms with E-state index in [0.29, 0.717) is 25.8 Å². The number of hydrogen-bond acceptors (Lipinski definition) is 5. The van der Waals surface area contributed by atoms with Gasteiger partial charge in [0.1, 0.15) is 12.1 Å². The molecule has 0 aromatic heterocycles. The van der Waals surface area contributed by atoms with Crippen molar-refractivity contribution in [2.45, 2.75) is 56.7 Å². The number of rotatable bonds is 10. The van der Waals surface area contributed by atoms with Crippen LogP contribution in [0, 0.1) is 0 Å². The van der Waals surface area contributed by atoms with Crippen molar-refractivity contribution >= 4 is 23.7 Å². The average Bonchev–Trinajstić information content (AvgIpc) is 2.75. The molecule has 3 atom stereocenters. The fraction of sp³-hybridized carbons (Fsp3) is 0.524. The zero-order valence-corrected chi connectivity index (χ0v) is 17.6. The van der Waals surface area contributed by atoms with Crippen LogP contribution in [0.15, 0.2) is 35.3 Å². The van der Waals surface area contributed by atoms with Gasteiger partial charge >= 0.3 is 5.97 Å². The number of nitrogens with one attached hydrogen (secondary N) is 1. The molecule has 10 heteroatoms. The molecule has 2 rings (SSSR count). The quantitative estimate of drug-likeness (QED) is 0.189. The van der Waals surface area contributed by atoms with Gasteiger partial charge < -0.3 is 32.5 Å². The summed E-state index contributed by atoms with van der Waals surface area (Å²) in [6.07, 6.45) is 2.95. The lowest BCUT2D eigenvalue weighted by molar-refractivity contribution is -0.146. The second-order valence-electron chi connectivity index (χ2n) is 7.69. The molecule has 1 saturated heterocycles. The van der Waals surface area contributed by atoms with Crippen molar-refractivity contribution in [3.63, 3.8) is 0 Å². The minimum Gasteiger partial charge on any atom is -0.480 e. The topological polar surface area (TPSA) is 177 Å². The van der Waals surface area contributed by atoms with Crippen LogP contribution in [-0.2, 0) is 20.8 Å². The molecule has 0 unspecified atom stereocenters. The van der Waals surface area contributed by atoms with Gasteiger partial charge in [0.25, 0.3) is 0 Å². The molecule has 1 aliphatic rings. The van der Waals surface area contributed by atoms with Crippen LogP contribution < -0.4 is 22.5 Å². The summed E-state index contributed by atoms with van der Waals surface area (Å²) in [5, 5.41) is 12.0. The first kappa shape index (κ1) is 24.1. The van der Waals surface area contributed by atoms with E-state index in [-0.39, 0.29) is 24.8 Å². The summed E-state index contributed by atoms with van der Waals surface area (Å²) >= 11 is 0. The van der Waals surface area contributed by atoms with Gasteiger partial charge in [-0.2, -0.15) is 0 Å². The zero-order valence-electron chi connectivity index (χ0n) is 17.6. The van der Waals surface area contributed by atoms with Crippen LogP contribution >= 0.6 is 0 Å². The van der Waals surface area contributed by atoms with Gasteiger partial charge in [-0.25, -0.2) is 4.79 Å². The highest BCUT2D eigenvalue weighted by Gasteiger charge is 2.35. The lowest BCUT2D eigenvalue weighted by Gasteiger charge is -2.36. The van der Waals surface area contributed by atoms with E-state index in [2.05, 4.69) is 10.3 Å². The maximum absolute atomic E-state index is 13.0. The molecule has 0 aliphatic carbocycles. The van der Waals surface area contributed by atoms with Crippen LogP contribution in [-0.4, -0.2) is 65.0 Å². The van der Waals surface area contributed by atoms with E-state index < -0.39 is 30.0 Å². The van der Waals surface area contributed by atoms with Gasteiger partial charge in [0.2, 0.25) is 11.8 Å². The number of guanidine groups is 1. The SMILES string of the molecule is NC(N)=NCCC[C@H](NC(=O)[C@@H]1CCCCN1C(=O)[C@H](N)Cc1ccccc1)C(=O)O. The predicted molar refractivity (Wildman–Crippen MR) is 117 cm³/mol. The Labute approximate surface area is 181 Å². The predicted octanol–water partition coefficient (Wildman–Crippen LogP) is -0.439. The molecule has 0 saturated carbocycles. The minimum atomic E-state index is -1.15. The first-order chi connectivity index (χ1) is 14.8. The van der Waals surface area contributed by atoms with Gasteiger partial charge in [-0.15, -0.1) is 0 Å². The summed E-state index contributed by atoms with van der Waals surface area (Å²) in [4.78, 5) is 42.7. The number of aliphatic imine (C=N–C) groups is 1. The van der Waals surface area contributed by atoms with E-state index in [1.54, 1.807) is 0 Å². The monoisotopic (exact) mass is 432 g/mol. The van der Waals surface area contributed by atoms with Crippen LogP contribution in [0.4, 0.5) is 0 Å². The Morgan fingerprint density at radius 1 is 1.19 bits per heavy atom. The summed E-state index contributed by atoms with van der Waals surface area (Å²) in [6.45, 7) is 0.687. The van der Waals surface area contributed by atoms with Gasteiger partial charge in [0.05, 0.1) is 6.04 Å². The fourth-order valence-electron chi connectivity index (χ4n) is 3.67. The third-order valence-corrected chi connectivity index (χ3v) is 5.26. The second-order valence-corrected chi connectivity index (χ2v) is 7.69. The number of amides is 2. The molecular formula is C21H32N6O4. The molecule has 1 aromatic rings. The number of benzene rings is 1. The first-order valence-corrected chi connectivity index (χ1v) is 10.5. The molecule has 1 aromatic carbocycles. The van der Waals surface area contributed by atoms with Gasteiger partial charge in [-0.1, -0.05) is 30.3 Å². The van der Waals surface area contributed by atoms with E-state index >= 15 is 0 Å². The molecule has 0 spiro atoms. The Kier molecular flexibility index (Phi) is 9.26. The first-order valence-electron chi connectivity index (χ1n) is 10.5. The van der Waals surface area contributed by atoms with E-state index in [4.69, 9.17) is 17.2 Å². The number of aliphatic carboxylic acids is 1. The lowest BCUT2D eigenvalue weighted by atomic mass is 9.98. The Morgan fingerprint density at radius 2 is 1.90 bits per heavy atom. The summed E-state index contributed by atoms with van der Waals surface area (Å²) < 4.78 is 0. The summed E-state index contributed by atoms with van der Waals surface area (Å²) in [5.41, 5.74) is 17.6. The summed E-state index contributed by atoms with van der Waals surface area (Å²) in [6, 6.07) is 6.84. The Balaban J connectivity index is 2.00. The molecular weight excluding hydrogens is 400 g/mol. The van der Waals surface area contributed by atoms with E-state index in [9.17, 15) is 19.5 Å². The number of carboxylic acid groups (broad SMARTS) is 1. The molecule has 0 bridgehead atoms. The van der Waals surface area contributed by atoms with Crippen molar-refractivity contribution in [2.75, 3.05) is 13.1 Å². The average molecular weight is 433 g/mol. The normalized spacial score (nSPS) is 18.0. The molecule has 1 heterocycles. The number of carbonyl (C=O) groups is 3. The Morgan fingerprint density at radius 3 is 2.55 bits per heavy atom. The zero-order chi connectivity index (χ0) is 22.8. The molecule has 8 N–H and O–H groups in total. The molecule has 1 fully saturated rings. The maximum atomic E-state index is 13.0. The van der Waals surface area contributed by atoms with Gasteiger partial charge in [-0.3, -0.25) is 14.6 Å². The standard InChI is InChI=1S/C21H32N6O4/c22-15(13-14-7-2-1-3-8-14)19(29)27-12-5-4-10-17(27)18(28)26-16(20(30)31)9-6-11-25-21(23)24/h1-3,7-8,15-17H,4-6,9-13,22H2,(H,26,28)(H,30,31)(H4,23,24,25)/t15-,16+,17+/m1/s1. The van der Waals surface area contributed by atoms with Crippen LogP contribution in [0.5, 0.6) is 0 Å². The smallest absolute Gasteiger partial charge is 0.326 e. The number of piperidine rings is 1. The maximum Gasteiger partial charge on any atom is 0.326 e. The number of hydrogen-bond donors (Lipinski definition) is 5. The Hall–Kier alpha value is -3.14. The third-order valence-electron chi connectivity index (χ3n) is 5.26. The summed E-state index contributed by atoms with van der Waals surface area (Å²) in [5.74, 6) is -2.00. The molecule has 31 heavy (non-hydrogen) atoms. The largest absolute Gasteiger partial charge is 0.480 e. The molecule has 2 amide bonds. The van der Waals surface area contributed by atoms with Gasteiger partial charge in [-0.05, 0) is 44.1 Å². The molecule has 1 aliphatic heterocycles. The van der Waals surface area contributed by atoms with Crippen LogP contribution in [0.25, 0.3) is 0 Å². The van der Waals surface area contributed by atoms with Crippen molar-refractivity contribution in [2.24, 2.45) is 22.2 Å².